The average Bonchev–Trinajstić information content (AvgIpc) is 2.38. The van der Waals surface area contributed by atoms with Crippen molar-refractivity contribution < 1.29 is 4.74 Å². The molecule has 1 atom stereocenters. The van der Waals surface area contributed by atoms with Crippen molar-refractivity contribution in [3.05, 3.63) is 24.0 Å². The number of pyridine rings is 1. The minimum absolute atomic E-state index is 0.542. The molecule has 1 N–H and O–H groups in total. The van der Waals surface area contributed by atoms with Gasteiger partial charge in [-0.2, -0.15) is 5.26 Å². The Kier molecular flexibility index (Phi) is 3.73. The summed E-state index contributed by atoms with van der Waals surface area (Å²) in [7, 11) is 0. The van der Waals surface area contributed by atoms with Crippen LogP contribution in [0.25, 0.3) is 0 Å². The summed E-state index contributed by atoms with van der Waals surface area (Å²) in [5.74, 6) is 0.542. The van der Waals surface area contributed by atoms with E-state index in [1.807, 2.05) is 0 Å². The number of rotatable bonds is 3. The zero-order valence-electron chi connectivity index (χ0n) is 9.15. The van der Waals surface area contributed by atoms with Crippen LogP contribution in [0.3, 0.4) is 0 Å². The molecule has 0 radical (unpaired) electrons. The fourth-order valence-electron chi connectivity index (χ4n) is 1.86. The molecule has 1 fully saturated rings. The zero-order chi connectivity index (χ0) is 11.2. The molecule has 0 aromatic carbocycles. The van der Waals surface area contributed by atoms with Crippen LogP contribution in [0.4, 0.5) is 5.69 Å². The van der Waals surface area contributed by atoms with Gasteiger partial charge in [-0.3, -0.25) is 4.98 Å². The average molecular weight is 217 g/mol. The lowest BCUT2D eigenvalue weighted by Crippen LogP contribution is -2.24. The van der Waals surface area contributed by atoms with Crippen LogP contribution in [-0.2, 0) is 4.74 Å². The Hall–Kier alpha value is -1.60. The molecule has 1 aromatic heterocycles. The monoisotopic (exact) mass is 217 g/mol. The second-order valence-corrected chi connectivity index (χ2v) is 4.00. The van der Waals surface area contributed by atoms with Gasteiger partial charge in [-0.25, -0.2) is 0 Å². The molecular weight excluding hydrogens is 202 g/mol. The lowest BCUT2D eigenvalue weighted by molar-refractivity contribution is 0.0595. The normalized spacial score (nSPS) is 20.1. The van der Waals surface area contributed by atoms with Gasteiger partial charge in [0.25, 0.3) is 0 Å². The van der Waals surface area contributed by atoms with Crippen LogP contribution < -0.4 is 5.32 Å². The van der Waals surface area contributed by atoms with Crippen molar-refractivity contribution in [2.24, 2.45) is 5.92 Å². The predicted molar refractivity (Wildman–Crippen MR) is 61.0 cm³/mol. The Labute approximate surface area is 95.3 Å². The SMILES string of the molecule is N#Cc1ccncc1NCC1CCCOC1. The van der Waals surface area contributed by atoms with Crippen molar-refractivity contribution in [1.82, 2.24) is 4.98 Å². The second kappa shape index (κ2) is 5.47. The molecule has 0 saturated carbocycles. The summed E-state index contributed by atoms with van der Waals surface area (Å²) in [5.41, 5.74) is 1.46. The maximum absolute atomic E-state index is 8.91. The van der Waals surface area contributed by atoms with Gasteiger partial charge in [-0.15, -0.1) is 0 Å². The van der Waals surface area contributed by atoms with Crippen molar-refractivity contribution >= 4 is 5.69 Å². The Bertz CT molecular complexity index is 380. The van der Waals surface area contributed by atoms with Crippen molar-refractivity contribution in [3.8, 4) is 6.07 Å². The Morgan fingerprint density at radius 1 is 1.62 bits per heavy atom. The molecule has 2 rings (SSSR count). The van der Waals surface area contributed by atoms with Gasteiger partial charge in [0, 0.05) is 19.3 Å². The summed E-state index contributed by atoms with van der Waals surface area (Å²) in [6.07, 6.45) is 5.65. The highest BCUT2D eigenvalue weighted by molar-refractivity contribution is 5.55. The molecule has 0 aliphatic carbocycles. The minimum atomic E-state index is 0.542. The molecule has 1 aromatic rings. The van der Waals surface area contributed by atoms with Crippen LogP contribution in [-0.4, -0.2) is 24.7 Å². The van der Waals surface area contributed by atoms with E-state index in [0.29, 0.717) is 11.5 Å². The standard InChI is InChI=1S/C12H15N3O/c13-6-11-3-4-14-8-12(11)15-7-10-2-1-5-16-9-10/h3-4,8,10,15H,1-2,5,7,9H2. The number of nitrogens with zero attached hydrogens (tertiary/aromatic N) is 2. The number of hydrogen-bond acceptors (Lipinski definition) is 4. The Balaban J connectivity index is 1.91. The van der Waals surface area contributed by atoms with Crippen molar-refractivity contribution in [3.63, 3.8) is 0 Å². The summed E-state index contributed by atoms with van der Waals surface area (Å²) in [6, 6.07) is 3.87. The van der Waals surface area contributed by atoms with Crippen LogP contribution in [0.1, 0.15) is 18.4 Å². The third-order valence-electron chi connectivity index (χ3n) is 2.78. The summed E-state index contributed by atoms with van der Waals surface area (Å²) < 4.78 is 5.41. The van der Waals surface area contributed by atoms with E-state index in [9.17, 15) is 0 Å². The van der Waals surface area contributed by atoms with E-state index in [1.165, 1.54) is 6.42 Å². The van der Waals surface area contributed by atoms with Gasteiger partial charge in [0.1, 0.15) is 6.07 Å². The molecule has 1 aliphatic rings. The summed E-state index contributed by atoms with van der Waals surface area (Å²) in [4.78, 5) is 4.01. The van der Waals surface area contributed by atoms with E-state index in [1.54, 1.807) is 18.5 Å². The first-order chi connectivity index (χ1) is 7.90. The second-order valence-electron chi connectivity index (χ2n) is 4.00. The van der Waals surface area contributed by atoms with Gasteiger partial charge < -0.3 is 10.1 Å². The van der Waals surface area contributed by atoms with Crippen LogP contribution in [0, 0.1) is 17.2 Å². The number of ether oxygens (including phenoxy) is 1. The lowest BCUT2D eigenvalue weighted by atomic mass is 10.0. The first-order valence-corrected chi connectivity index (χ1v) is 5.56. The van der Waals surface area contributed by atoms with Gasteiger partial charge in [-0.05, 0) is 24.8 Å². The van der Waals surface area contributed by atoms with Crippen LogP contribution in [0.2, 0.25) is 0 Å². The number of nitrogens with one attached hydrogen (secondary N) is 1. The fraction of sp³-hybridized carbons (Fsp3) is 0.500. The van der Waals surface area contributed by atoms with E-state index in [4.69, 9.17) is 10.00 Å². The summed E-state index contributed by atoms with van der Waals surface area (Å²) >= 11 is 0. The largest absolute Gasteiger partial charge is 0.382 e. The molecule has 4 nitrogen and oxygen atoms in total. The van der Waals surface area contributed by atoms with Crippen molar-refractivity contribution in [2.45, 2.75) is 12.8 Å². The summed E-state index contributed by atoms with van der Waals surface area (Å²) in [5, 5.41) is 12.2. The fourth-order valence-corrected chi connectivity index (χ4v) is 1.86. The van der Waals surface area contributed by atoms with Gasteiger partial charge in [0.15, 0.2) is 0 Å². The van der Waals surface area contributed by atoms with Gasteiger partial charge in [-0.1, -0.05) is 0 Å². The molecule has 84 valence electrons. The maximum Gasteiger partial charge on any atom is 0.101 e. The third kappa shape index (κ3) is 2.71. The van der Waals surface area contributed by atoms with Gasteiger partial charge in [0.2, 0.25) is 0 Å². The zero-order valence-corrected chi connectivity index (χ0v) is 9.15. The van der Waals surface area contributed by atoms with Gasteiger partial charge >= 0.3 is 0 Å². The van der Waals surface area contributed by atoms with Crippen LogP contribution in [0.15, 0.2) is 18.5 Å². The Morgan fingerprint density at radius 2 is 2.56 bits per heavy atom. The van der Waals surface area contributed by atoms with Gasteiger partial charge in [0.05, 0.1) is 24.1 Å². The van der Waals surface area contributed by atoms with E-state index in [-0.39, 0.29) is 0 Å². The molecule has 0 amide bonds. The molecule has 4 heteroatoms. The predicted octanol–water partition coefficient (Wildman–Crippen LogP) is 1.79. The Morgan fingerprint density at radius 3 is 3.31 bits per heavy atom. The van der Waals surface area contributed by atoms with Crippen molar-refractivity contribution in [2.75, 3.05) is 25.1 Å². The number of hydrogen-bond donors (Lipinski definition) is 1. The minimum Gasteiger partial charge on any atom is -0.382 e. The molecule has 2 heterocycles. The van der Waals surface area contributed by atoms with Crippen LogP contribution >= 0.6 is 0 Å². The van der Waals surface area contributed by atoms with E-state index < -0.39 is 0 Å². The topological polar surface area (TPSA) is 57.9 Å². The lowest BCUT2D eigenvalue weighted by Gasteiger charge is -2.22. The molecule has 16 heavy (non-hydrogen) atoms. The first kappa shape index (κ1) is 10.9. The van der Waals surface area contributed by atoms with E-state index in [2.05, 4.69) is 16.4 Å². The van der Waals surface area contributed by atoms with Crippen LogP contribution in [0.5, 0.6) is 0 Å². The molecule has 1 aliphatic heterocycles. The smallest absolute Gasteiger partial charge is 0.101 e. The van der Waals surface area contributed by atoms with E-state index >= 15 is 0 Å². The quantitative estimate of drug-likeness (QED) is 0.838. The highest BCUT2D eigenvalue weighted by Gasteiger charge is 2.13. The molecule has 0 spiro atoms. The maximum atomic E-state index is 8.91. The summed E-state index contributed by atoms with van der Waals surface area (Å²) in [6.45, 7) is 2.54. The van der Waals surface area contributed by atoms with Crippen molar-refractivity contribution in [1.29, 1.82) is 5.26 Å². The van der Waals surface area contributed by atoms with E-state index in [0.717, 1.165) is 31.9 Å². The first-order valence-electron chi connectivity index (χ1n) is 5.56. The molecule has 0 bridgehead atoms. The molecule has 1 saturated heterocycles. The number of nitriles is 1. The highest BCUT2D eigenvalue weighted by Crippen LogP contribution is 2.16. The third-order valence-corrected chi connectivity index (χ3v) is 2.78. The molecule has 1 unspecified atom stereocenters. The number of aromatic nitrogens is 1. The highest BCUT2D eigenvalue weighted by atomic mass is 16.5. The molecular formula is C12H15N3O. The number of anilines is 1.